The van der Waals surface area contributed by atoms with Crippen molar-refractivity contribution in [1.82, 2.24) is 10.6 Å². The largest absolute Gasteiger partial charge is 0.379 e. The van der Waals surface area contributed by atoms with Crippen molar-refractivity contribution in [3.8, 4) is 0 Å². The van der Waals surface area contributed by atoms with Crippen molar-refractivity contribution in [3.63, 3.8) is 0 Å². The van der Waals surface area contributed by atoms with E-state index >= 15 is 0 Å². The van der Waals surface area contributed by atoms with Crippen LogP contribution in [0.3, 0.4) is 0 Å². The molecule has 12 heavy (non-hydrogen) atoms. The first-order chi connectivity index (χ1) is 5.66. The Hall–Kier alpha value is -0.120. The molecule has 72 valence electrons. The molecule has 0 spiro atoms. The van der Waals surface area contributed by atoms with E-state index < -0.39 is 0 Å². The van der Waals surface area contributed by atoms with Gasteiger partial charge in [0.2, 0.25) is 0 Å². The van der Waals surface area contributed by atoms with Crippen molar-refractivity contribution in [1.29, 1.82) is 0 Å². The highest BCUT2D eigenvalue weighted by atomic mass is 16.5. The molecule has 0 aromatic heterocycles. The summed E-state index contributed by atoms with van der Waals surface area (Å²) in [5, 5.41) is 6.72. The van der Waals surface area contributed by atoms with Crippen LogP contribution in [0.1, 0.15) is 20.3 Å². The Morgan fingerprint density at radius 3 is 2.83 bits per heavy atom. The molecule has 1 rings (SSSR count). The van der Waals surface area contributed by atoms with Crippen LogP contribution < -0.4 is 10.6 Å². The number of ether oxygens (including phenoxy) is 1. The average Bonchev–Trinajstić information content (AvgIpc) is 2.49. The summed E-state index contributed by atoms with van der Waals surface area (Å²) < 4.78 is 5.34. The van der Waals surface area contributed by atoms with Gasteiger partial charge in [0.25, 0.3) is 0 Å². The van der Waals surface area contributed by atoms with Crippen molar-refractivity contribution in [2.75, 3.05) is 26.8 Å². The van der Waals surface area contributed by atoms with Gasteiger partial charge >= 0.3 is 0 Å². The Kier molecular flexibility index (Phi) is 3.50. The van der Waals surface area contributed by atoms with Crippen LogP contribution in [0.2, 0.25) is 0 Å². The molecule has 0 aromatic carbocycles. The van der Waals surface area contributed by atoms with Gasteiger partial charge in [0.1, 0.15) is 0 Å². The summed E-state index contributed by atoms with van der Waals surface area (Å²) in [6.07, 6.45) is 1.13. The van der Waals surface area contributed by atoms with Gasteiger partial charge in [-0.1, -0.05) is 0 Å². The van der Waals surface area contributed by atoms with Crippen LogP contribution in [0.25, 0.3) is 0 Å². The molecule has 0 radical (unpaired) electrons. The third-order valence-corrected chi connectivity index (χ3v) is 2.55. The minimum Gasteiger partial charge on any atom is -0.379 e. The van der Waals surface area contributed by atoms with Crippen LogP contribution in [0, 0.1) is 0 Å². The normalized spacial score (nSPS) is 32.2. The fraction of sp³-hybridized carbons (Fsp3) is 1.00. The third kappa shape index (κ3) is 2.73. The minimum absolute atomic E-state index is 0.213. The highest BCUT2D eigenvalue weighted by Crippen LogP contribution is 2.16. The van der Waals surface area contributed by atoms with Crippen molar-refractivity contribution < 1.29 is 4.74 Å². The average molecular weight is 172 g/mol. The number of nitrogens with one attached hydrogen (secondary N) is 2. The Morgan fingerprint density at radius 1 is 1.58 bits per heavy atom. The van der Waals surface area contributed by atoms with Gasteiger partial charge in [0, 0.05) is 24.7 Å². The zero-order valence-electron chi connectivity index (χ0n) is 8.31. The smallest absolute Gasteiger partial charge is 0.0646 e. The van der Waals surface area contributed by atoms with Crippen molar-refractivity contribution in [2.45, 2.75) is 31.8 Å². The molecule has 1 heterocycles. The monoisotopic (exact) mass is 172 g/mol. The van der Waals surface area contributed by atoms with Crippen molar-refractivity contribution >= 4 is 0 Å². The summed E-state index contributed by atoms with van der Waals surface area (Å²) >= 11 is 0. The highest BCUT2D eigenvalue weighted by molar-refractivity contribution is 4.87. The van der Waals surface area contributed by atoms with Gasteiger partial charge in [0.05, 0.1) is 6.61 Å². The van der Waals surface area contributed by atoms with Gasteiger partial charge in [-0.25, -0.2) is 0 Å². The number of hydrogen-bond acceptors (Lipinski definition) is 3. The van der Waals surface area contributed by atoms with Crippen LogP contribution >= 0.6 is 0 Å². The topological polar surface area (TPSA) is 33.3 Å². The molecule has 2 atom stereocenters. The Morgan fingerprint density at radius 2 is 2.33 bits per heavy atom. The maximum absolute atomic E-state index is 5.34. The van der Waals surface area contributed by atoms with E-state index in [1.165, 1.54) is 0 Å². The van der Waals surface area contributed by atoms with Crippen LogP contribution in [0.5, 0.6) is 0 Å². The van der Waals surface area contributed by atoms with Crippen molar-refractivity contribution in [3.05, 3.63) is 0 Å². The summed E-state index contributed by atoms with van der Waals surface area (Å²) in [6, 6.07) is 0.530. The van der Waals surface area contributed by atoms with E-state index in [2.05, 4.69) is 24.5 Å². The first-order valence-corrected chi connectivity index (χ1v) is 4.66. The number of hydrogen-bond donors (Lipinski definition) is 2. The van der Waals surface area contributed by atoms with Gasteiger partial charge < -0.3 is 15.4 Å². The predicted molar refractivity (Wildman–Crippen MR) is 50.4 cm³/mol. The van der Waals surface area contributed by atoms with E-state index in [9.17, 15) is 0 Å². The molecule has 0 bridgehead atoms. The summed E-state index contributed by atoms with van der Waals surface area (Å²) in [5.41, 5.74) is 0.213. The van der Waals surface area contributed by atoms with Crippen LogP contribution in [-0.2, 0) is 4.74 Å². The second-order valence-electron chi connectivity index (χ2n) is 3.93. The van der Waals surface area contributed by atoms with Gasteiger partial charge in [-0.3, -0.25) is 0 Å². The van der Waals surface area contributed by atoms with Gasteiger partial charge in [-0.2, -0.15) is 0 Å². The number of likely N-dealkylation sites (N-methyl/N-ethyl adjacent to an activating group) is 1. The summed E-state index contributed by atoms with van der Waals surface area (Å²) in [4.78, 5) is 0. The summed E-state index contributed by atoms with van der Waals surface area (Å²) in [7, 11) is 1.99. The van der Waals surface area contributed by atoms with Gasteiger partial charge in [-0.15, -0.1) is 0 Å². The highest BCUT2D eigenvalue weighted by Gasteiger charge is 2.28. The van der Waals surface area contributed by atoms with Crippen LogP contribution in [-0.4, -0.2) is 38.4 Å². The van der Waals surface area contributed by atoms with Crippen LogP contribution in [0.4, 0.5) is 0 Å². The third-order valence-electron chi connectivity index (χ3n) is 2.55. The Bertz CT molecular complexity index is 132. The Balaban J connectivity index is 2.21. The fourth-order valence-electron chi connectivity index (χ4n) is 1.31. The SMILES string of the molecule is CNC(C)CNC1(C)CCOC1. The maximum Gasteiger partial charge on any atom is 0.0646 e. The molecule has 1 aliphatic heterocycles. The fourth-order valence-corrected chi connectivity index (χ4v) is 1.31. The molecule has 2 unspecified atom stereocenters. The van der Waals surface area contributed by atoms with E-state index in [-0.39, 0.29) is 5.54 Å². The zero-order valence-corrected chi connectivity index (χ0v) is 8.31. The van der Waals surface area contributed by atoms with E-state index in [4.69, 9.17) is 4.74 Å². The summed E-state index contributed by atoms with van der Waals surface area (Å²) in [6.45, 7) is 7.16. The standard InChI is InChI=1S/C9H20N2O/c1-8(10-3)6-11-9(2)4-5-12-7-9/h8,10-11H,4-7H2,1-3H3. The van der Waals surface area contributed by atoms with Gasteiger partial charge in [-0.05, 0) is 27.3 Å². The van der Waals surface area contributed by atoms with Gasteiger partial charge in [0.15, 0.2) is 0 Å². The molecule has 0 amide bonds. The quantitative estimate of drug-likeness (QED) is 0.642. The molecule has 0 saturated carbocycles. The lowest BCUT2D eigenvalue weighted by molar-refractivity contribution is 0.171. The predicted octanol–water partition coefficient (Wildman–Crippen LogP) is 0.363. The molecular formula is C9H20N2O. The lowest BCUT2D eigenvalue weighted by Gasteiger charge is -2.25. The molecule has 2 N–H and O–H groups in total. The number of rotatable bonds is 4. The zero-order chi connectivity index (χ0) is 9.03. The maximum atomic E-state index is 5.34. The first-order valence-electron chi connectivity index (χ1n) is 4.66. The Labute approximate surface area is 74.9 Å². The summed E-state index contributed by atoms with van der Waals surface area (Å²) in [5.74, 6) is 0. The molecule has 1 saturated heterocycles. The lowest BCUT2D eigenvalue weighted by atomic mass is 10.0. The molecule has 1 fully saturated rings. The minimum atomic E-state index is 0.213. The van der Waals surface area contributed by atoms with E-state index in [1.807, 2.05) is 7.05 Å². The van der Waals surface area contributed by atoms with E-state index in [0.717, 1.165) is 26.2 Å². The molecule has 0 aromatic rings. The lowest BCUT2D eigenvalue weighted by Crippen LogP contribution is -2.48. The van der Waals surface area contributed by atoms with E-state index in [1.54, 1.807) is 0 Å². The molecule has 3 nitrogen and oxygen atoms in total. The molecular weight excluding hydrogens is 152 g/mol. The second kappa shape index (κ2) is 4.21. The van der Waals surface area contributed by atoms with E-state index in [0.29, 0.717) is 6.04 Å². The molecule has 1 aliphatic rings. The molecule has 0 aliphatic carbocycles. The van der Waals surface area contributed by atoms with Crippen LogP contribution in [0.15, 0.2) is 0 Å². The first kappa shape index (κ1) is 9.96. The molecule has 3 heteroatoms. The second-order valence-corrected chi connectivity index (χ2v) is 3.93. The van der Waals surface area contributed by atoms with Crippen molar-refractivity contribution in [2.24, 2.45) is 0 Å².